The van der Waals surface area contributed by atoms with E-state index in [1.54, 1.807) is 24.3 Å². The molecule has 0 saturated heterocycles. The van der Waals surface area contributed by atoms with Crippen LogP contribution >= 0.6 is 0 Å². The number of anilines is 2. The predicted molar refractivity (Wildman–Crippen MR) is 59.0 cm³/mol. The minimum Gasteiger partial charge on any atom is -0.392 e. The molecule has 0 bridgehead atoms. The molecule has 2 rings (SSSR count). The van der Waals surface area contributed by atoms with Gasteiger partial charge in [-0.15, -0.1) is 0 Å². The van der Waals surface area contributed by atoms with Gasteiger partial charge >= 0.3 is 0 Å². The Labute approximate surface area is 96.2 Å². The summed E-state index contributed by atoms with van der Waals surface area (Å²) in [5.74, 6) is -0.617. The Hall–Kier alpha value is -2.41. The predicted octanol–water partition coefficient (Wildman–Crippen LogP) is 0.396. The maximum Gasteiger partial charge on any atom is 0.281 e. The lowest BCUT2D eigenvalue weighted by Gasteiger charge is -2.07. The van der Waals surface area contributed by atoms with Gasteiger partial charge in [0, 0.05) is 11.3 Å². The fourth-order valence-electron chi connectivity index (χ4n) is 1.31. The van der Waals surface area contributed by atoms with Gasteiger partial charge in [0.25, 0.3) is 5.91 Å². The van der Waals surface area contributed by atoms with E-state index >= 15 is 0 Å². The van der Waals surface area contributed by atoms with Gasteiger partial charge in [0.2, 0.25) is 11.5 Å². The van der Waals surface area contributed by atoms with E-state index < -0.39 is 5.91 Å². The zero-order valence-corrected chi connectivity index (χ0v) is 8.75. The highest BCUT2D eigenvalue weighted by Gasteiger charge is 2.16. The van der Waals surface area contributed by atoms with Crippen LogP contribution in [-0.2, 0) is 6.61 Å². The van der Waals surface area contributed by atoms with E-state index in [0.717, 1.165) is 0 Å². The molecule has 0 spiro atoms. The van der Waals surface area contributed by atoms with Gasteiger partial charge in [-0.05, 0) is 16.4 Å². The van der Waals surface area contributed by atoms with Crippen molar-refractivity contribution in [2.24, 2.45) is 0 Å². The fourth-order valence-corrected chi connectivity index (χ4v) is 1.31. The van der Waals surface area contributed by atoms with Crippen LogP contribution in [0.2, 0.25) is 0 Å². The summed E-state index contributed by atoms with van der Waals surface area (Å²) in [6.07, 6.45) is 0. The van der Waals surface area contributed by atoms with Crippen molar-refractivity contribution in [1.82, 2.24) is 10.3 Å². The molecule has 0 aliphatic heterocycles. The number of carbonyl (C=O) groups excluding carboxylic acids is 1. The average Bonchev–Trinajstić information content (AvgIpc) is 2.76. The average molecular weight is 234 g/mol. The third-order valence-corrected chi connectivity index (χ3v) is 2.16. The highest BCUT2D eigenvalue weighted by atomic mass is 16.6. The molecular weight excluding hydrogens is 224 g/mol. The van der Waals surface area contributed by atoms with Crippen molar-refractivity contribution in [3.05, 3.63) is 35.5 Å². The number of para-hydroxylation sites is 1. The number of aliphatic hydroxyl groups excluding tert-OH is 1. The Balaban J connectivity index is 2.22. The number of aromatic nitrogens is 2. The van der Waals surface area contributed by atoms with Crippen molar-refractivity contribution < 1.29 is 14.5 Å². The molecule has 0 saturated carbocycles. The van der Waals surface area contributed by atoms with Gasteiger partial charge in [-0.25, -0.2) is 4.63 Å². The van der Waals surface area contributed by atoms with Crippen LogP contribution in [0.3, 0.4) is 0 Å². The zero-order valence-electron chi connectivity index (χ0n) is 8.75. The van der Waals surface area contributed by atoms with Crippen molar-refractivity contribution in [3.8, 4) is 0 Å². The molecule has 0 fully saturated rings. The van der Waals surface area contributed by atoms with Gasteiger partial charge in [-0.3, -0.25) is 4.79 Å². The molecule has 0 atom stereocenters. The summed E-state index contributed by atoms with van der Waals surface area (Å²) in [5.41, 5.74) is 6.38. The van der Waals surface area contributed by atoms with Crippen molar-refractivity contribution in [1.29, 1.82) is 0 Å². The summed E-state index contributed by atoms with van der Waals surface area (Å²) in [7, 11) is 0. The van der Waals surface area contributed by atoms with Gasteiger partial charge < -0.3 is 16.2 Å². The summed E-state index contributed by atoms with van der Waals surface area (Å²) in [6, 6.07) is 6.85. The third-order valence-electron chi connectivity index (χ3n) is 2.16. The Morgan fingerprint density at radius 1 is 1.41 bits per heavy atom. The largest absolute Gasteiger partial charge is 0.392 e. The Bertz CT molecular complexity index is 538. The van der Waals surface area contributed by atoms with E-state index in [1.807, 2.05) is 0 Å². The van der Waals surface area contributed by atoms with E-state index in [0.29, 0.717) is 11.3 Å². The van der Waals surface area contributed by atoms with Crippen LogP contribution in [0.15, 0.2) is 28.9 Å². The van der Waals surface area contributed by atoms with E-state index in [4.69, 9.17) is 10.8 Å². The Kier molecular flexibility index (Phi) is 3.01. The number of benzene rings is 1. The molecule has 0 aliphatic rings. The second-order valence-corrected chi connectivity index (χ2v) is 3.27. The number of aliphatic hydroxyl groups is 1. The lowest BCUT2D eigenvalue weighted by Crippen LogP contribution is -2.15. The highest BCUT2D eigenvalue weighted by Crippen LogP contribution is 2.16. The van der Waals surface area contributed by atoms with E-state index in [2.05, 4.69) is 20.3 Å². The molecular formula is C10H10N4O3. The first-order chi connectivity index (χ1) is 8.22. The van der Waals surface area contributed by atoms with Crippen molar-refractivity contribution in [3.63, 3.8) is 0 Å². The summed E-state index contributed by atoms with van der Waals surface area (Å²) in [6.45, 7) is -0.178. The number of nitrogens with two attached hydrogens (primary N) is 1. The second-order valence-electron chi connectivity index (χ2n) is 3.27. The van der Waals surface area contributed by atoms with Crippen LogP contribution < -0.4 is 11.1 Å². The molecule has 0 unspecified atom stereocenters. The molecule has 17 heavy (non-hydrogen) atoms. The fraction of sp³-hybridized carbons (Fsp3) is 0.100. The summed E-state index contributed by atoms with van der Waals surface area (Å²) < 4.78 is 4.33. The van der Waals surface area contributed by atoms with Crippen molar-refractivity contribution >= 4 is 17.4 Å². The van der Waals surface area contributed by atoms with Gasteiger partial charge in [-0.1, -0.05) is 18.2 Å². The first-order valence-corrected chi connectivity index (χ1v) is 4.80. The van der Waals surface area contributed by atoms with Crippen LogP contribution in [0.5, 0.6) is 0 Å². The number of rotatable bonds is 3. The zero-order chi connectivity index (χ0) is 12.3. The molecule has 1 amide bonds. The molecule has 7 heteroatoms. The quantitative estimate of drug-likeness (QED) is 0.708. The van der Waals surface area contributed by atoms with Gasteiger partial charge in [0.1, 0.15) is 0 Å². The van der Waals surface area contributed by atoms with E-state index in [-0.39, 0.29) is 18.1 Å². The maximum absolute atomic E-state index is 11.7. The molecule has 1 heterocycles. The lowest BCUT2D eigenvalue weighted by atomic mass is 10.2. The van der Waals surface area contributed by atoms with Crippen LogP contribution in [0.4, 0.5) is 11.5 Å². The summed E-state index contributed by atoms with van der Waals surface area (Å²) in [4.78, 5) is 11.7. The van der Waals surface area contributed by atoms with Crippen LogP contribution in [0.1, 0.15) is 16.1 Å². The standard InChI is InChI=1S/C10H10N4O3/c11-9-8(13-17-14-9)10(16)12-7-4-2-1-3-6(7)5-15/h1-4,15H,5H2,(H2,11,14)(H,12,16). The topological polar surface area (TPSA) is 114 Å². The number of nitrogen functional groups attached to an aromatic ring is 1. The highest BCUT2D eigenvalue weighted by molar-refractivity contribution is 6.05. The van der Waals surface area contributed by atoms with E-state index in [1.165, 1.54) is 0 Å². The first-order valence-electron chi connectivity index (χ1n) is 4.80. The lowest BCUT2D eigenvalue weighted by molar-refractivity contribution is 0.101. The van der Waals surface area contributed by atoms with Gasteiger partial charge in [0.15, 0.2) is 0 Å². The SMILES string of the molecule is Nc1nonc1C(=O)Nc1ccccc1CO. The molecule has 7 nitrogen and oxygen atoms in total. The Morgan fingerprint density at radius 3 is 2.82 bits per heavy atom. The van der Waals surface area contributed by atoms with Gasteiger partial charge in [0.05, 0.1) is 6.61 Å². The molecule has 4 N–H and O–H groups in total. The molecule has 1 aromatic heterocycles. The minimum absolute atomic E-state index is 0.0796. The minimum atomic E-state index is -0.537. The monoisotopic (exact) mass is 234 g/mol. The number of hydrogen-bond donors (Lipinski definition) is 3. The second kappa shape index (κ2) is 4.62. The maximum atomic E-state index is 11.7. The number of nitrogens with one attached hydrogen (secondary N) is 1. The number of nitrogens with zero attached hydrogens (tertiary/aromatic N) is 2. The molecule has 88 valence electrons. The molecule has 0 aliphatic carbocycles. The third kappa shape index (κ3) is 2.23. The van der Waals surface area contributed by atoms with E-state index in [9.17, 15) is 4.79 Å². The molecule has 1 aromatic carbocycles. The van der Waals surface area contributed by atoms with Gasteiger partial charge in [-0.2, -0.15) is 0 Å². The van der Waals surface area contributed by atoms with Crippen LogP contribution in [0.25, 0.3) is 0 Å². The van der Waals surface area contributed by atoms with Crippen LogP contribution in [0, 0.1) is 0 Å². The first kappa shape index (κ1) is 11.1. The summed E-state index contributed by atoms with van der Waals surface area (Å²) in [5, 5.41) is 18.3. The van der Waals surface area contributed by atoms with Crippen molar-refractivity contribution in [2.75, 3.05) is 11.1 Å². The smallest absolute Gasteiger partial charge is 0.281 e. The van der Waals surface area contributed by atoms with Crippen LogP contribution in [-0.4, -0.2) is 21.3 Å². The number of carbonyl (C=O) groups is 1. The molecule has 2 aromatic rings. The normalized spacial score (nSPS) is 10.2. The number of hydrogen-bond acceptors (Lipinski definition) is 6. The Morgan fingerprint density at radius 2 is 2.18 bits per heavy atom. The summed E-state index contributed by atoms with van der Waals surface area (Å²) >= 11 is 0. The van der Waals surface area contributed by atoms with Crippen molar-refractivity contribution in [2.45, 2.75) is 6.61 Å². The molecule has 0 radical (unpaired) electrons. The number of amides is 1.